The number of anilines is 1. The first-order valence-electron chi connectivity index (χ1n) is 6.91. The lowest BCUT2D eigenvalue weighted by Gasteiger charge is -2.27. The Morgan fingerprint density at radius 2 is 2.05 bits per heavy atom. The standard InChI is InChI=1S/C17H19NOS/c1-12-7-8-15(16(11-12)19-2)18-14-9-10-20-17-6-4-3-5-13(14)17/h3-8,11,14,18H,9-10H2,1-2H3. The molecule has 3 rings (SSSR count). The van der Waals surface area contributed by atoms with Crippen molar-refractivity contribution in [3.05, 3.63) is 53.6 Å². The number of hydrogen-bond acceptors (Lipinski definition) is 3. The van der Waals surface area contributed by atoms with E-state index in [1.807, 2.05) is 11.8 Å². The smallest absolute Gasteiger partial charge is 0.142 e. The van der Waals surface area contributed by atoms with E-state index in [1.165, 1.54) is 16.0 Å². The zero-order chi connectivity index (χ0) is 13.9. The summed E-state index contributed by atoms with van der Waals surface area (Å²) < 4.78 is 5.49. The summed E-state index contributed by atoms with van der Waals surface area (Å²) in [6, 6.07) is 15.3. The van der Waals surface area contributed by atoms with Crippen molar-refractivity contribution in [2.45, 2.75) is 24.3 Å². The maximum Gasteiger partial charge on any atom is 0.142 e. The average molecular weight is 285 g/mol. The summed E-state index contributed by atoms with van der Waals surface area (Å²) in [4.78, 5) is 1.39. The Kier molecular flexibility index (Phi) is 3.88. The predicted octanol–water partition coefficient (Wildman–Crippen LogP) is 4.65. The number of methoxy groups -OCH3 is 1. The van der Waals surface area contributed by atoms with Gasteiger partial charge in [-0.2, -0.15) is 0 Å². The van der Waals surface area contributed by atoms with Gasteiger partial charge in [0, 0.05) is 10.6 Å². The van der Waals surface area contributed by atoms with Gasteiger partial charge >= 0.3 is 0 Å². The molecule has 1 heterocycles. The van der Waals surface area contributed by atoms with E-state index in [0.717, 1.165) is 23.6 Å². The molecule has 0 amide bonds. The normalized spacial score (nSPS) is 17.4. The van der Waals surface area contributed by atoms with Crippen molar-refractivity contribution >= 4 is 17.4 Å². The van der Waals surface area contributed by atoms with E-state index in [-0.39, 0.29) is 0 Å². The van der Waals surface area contributed by atoms with Crippen molar-refractivity contribution in [3.8, 4) is 5.75 Å². The van der Waals surface area contributed by atoms with Crippen LogP contribution in [0.15, 0.2) is 47.4 Å². The van der Waals surface area contributed by atoms with Crippen LogP contribution in [0.4, 0.5) is 5.69 Å². The fourth-order valence-corrected chi connectivity index (χ4v) is 3.72. The Bertz CT molecular complexity index is 612. The van der Waals surface area contributed by atoms with E-state index >= 15 is 0 Å². The Balaban J connectivity index is 1.89. The second-order valence-corrected chi connectivity index (χ2v) is 6.21. The number of rotatable bonds is 3. The summed E-state index contributed by atoms with van der Waals surface area (Å²) in [6.45, 7) is 2.08. The highest BCUT2D eigenvalue weighted by molar-refractivity contribution is 7.99. The van der Waals surface area contributed by atoms with Gasteiger partial charge in [-0.1, -0.05) is 24.3 Å². The first-order chi connectivity index (χ1) is 9.78. The van der Waals surface area contributed by atoms with Crippen molar-refractivity contribution in [1.82, 2.24) is 0 Å². The molecule has 0 saturated heterocycles. The van der Waals surface area contributed by atoms with Crippen LogP contribution < -0.4 is 10.1 Å². The Labute approximate surface area is 124 Å². The zero-order valence-electron chi connectivity index (χ0n) is 11.8. The van der Waals surface area contributed by atoms with Gasteiger partial charge in [0.15, 0.2) is 0 Å². The molecule has 0 radical (unpaired) electrons. The highest BCUT2D eigenvalue weighted by Crippen LogP contribution is 2.39. The van der Waals surface area contributed by atoms with Crippen molar-refractivity contribution in [2.24, 2.45) is 0 Å². The zero-order valence-corrected chi connectivity index (χ0v) is 12.7. The van der Waals surface area contributed by atoms with Gasteiger partial charge in [0.1, 0.15) is 5.75 Å². The van der Waals surface area contributed by atoms with Crippen molar-refractivity contribution in [1.29, 1.82) is 0 Å². The molecule has 0 aromatic heterocycles. The predicted molar refractivity (Wildman–Crippen MR) is 85.9 cm³/mol. The molecule has 1 aliphatic rings. The molecule has 0 spiro atoms. The minimum Gasteiger partial charge on any atom is -0.495 e. The molecule has 1 atom stereocenters. The minimum absolute atomic E-state index is 0.365. The van der Waals surface area contributed by atoms with E-state index in [4.69, 9.17) is 4.74 Å². The maximum atomic E-state index is 5.49. The van der Waals surface area contributed by atoms with Crippen LogP contribution in [-0.4, -0.2) is 12.9 Å². The van der Waals surface area contributed by atoms with Crippen LogP contribution in [0.1, 0.15) is 23.6 Å². The molecule has 2 aromatic rings. The van der Waals surface area contributed by atoms with Gasteiger partial charge in [-0.15, -0.1) is 11.8 Å². The second-order valence-electron chi connectivity index (χ2n) is 5.08. The van der Waals surface area contributed by atoms with Crippen LogP contribution in [0.2, 0.25) is 0 Å². The van der Waals surface area contributed by atoms with Crippen LogP contribution in [0, 0.1) is 6.92 Å². The SMILES string of the molecule is COc1cc(C)ccc1NC1CCSc2ccccc21. The summed E-state index contributed by atoms with van der Waals surface area (Å²) in [6.07, 6.45) is 1.14. The van der Waals surface area contributed by atoms with Crippen molar-refractivity contribution in [2.75, 3.05) is 18.2 Å². The lowest BCUT2D eigenvalue weighted by molar-refractivity contribution is 0.415. The molecule has 2 aromatic carbocycles. The van der Waals surface area contributed by atoms with Gasteiger partial charge in [-0.3, -0.25) is 0 Å². The quantitative estimate of drug-likeness (QED) is 0.886. The first-order valence-corrected chi connectivity index (χ1v) is 7.89. The summed E-state index contributed by atoms with van der Waals surface area (Å²) in [7, 11) is 1.73. The van der Waals surface area contributed by atoms with Gasteiger partial charge in [-0.25, -0.2) is 0 Å². The molecule has 3 heteroatoms. The monoisotopic (exact) mass is 285 g/mol. The fraction of sp³-hybridized carbons (Fsp3) is 0.294. The number of fused-ring (bicyclic) bond motifs is 1. The summed E-state index contributed by atoms with van der Waals surface area (Å²) in [5.41, 5.74) is 3.68. The van der Waals surface area contributed by atoms with Crippen LogP contribution in [-0.2, 0) is 0 Å². The number of nitrogens with one attached hydrogen (secondary N) is 1. The minimum atomic E-state index is 0.365. The largest absolute Gasteiger partial charge is 0.495 e. The van der Waals surface area contributed by atoms with E-state index in [2.05, 4.69) is 54.7 Å². The third-order valence-electron chi connectivity index (χ3n) is 3.65. The van der Waals surface area contributed by atoms with Gasteiger partial charge in [0.25, 0.3) is 0 Å². The molecule has 0 fully saturated rings. The molecule has 1 aliphatic heterocycles. The molecule has 0 saturated carbocycles. The Morgan fingerprint density at radius 1 is 1.20 bits per heavy atom. The maximum absolute atomic E-state index is 5.49. The van der Waals surface area contributed by atoms with Crippen molar-refractivity contribution < 1.29 is 4.74 Å². The molecule has 20 heavy (non-hydrogen) atoms. The number of hydrogen-bond donors (Lipinski definition) is 1. The average Bonchev–Trinajstić information content (AvgIpc) is 2.49. The van der Waals surface area contributed by atoms with Gasteiger partial charge in [0.2, 0.25) is 0 Å². The number of ether oxygens (including phenoxy) is 1. The Morgan fingerprint density at radius 3 is 2.90 bits per heavy atom. The third kappa shape index (κ3) is 2.63. The van der Waals surface area contributed by atoms with Crippen LogP contribution in [0.25, 0.3) is 0 Å². The summed E-state index contributed by atoms with van der Waals surface area (Å²) >= 11 is 1.94. The third-order valence-corrected chi connectivity index (χ3v) is 4.77. The summed E-state index contributed by atoms with van der Waals surface area (Å²) in [5.74, 6) is 2.07. The van der Waals surface area contributed by atoms with Crippen LogP contribution >= 0.6 is 11.8 Å². The number of thioether (sulfide) groups is 1. The van der Waals surface area contributed by atoms with Gasteiger partial charge < -0.3 is 10.1 Å². The van der Waals surface area contributed by atoms with Crippen molar-refractivity contribution in [3.63, 3.8) is 0 Å². The molecule has 104 valence electrons. The highest BCUT2D eigenvalue weighted by Gasteiger charge is 2.20. The first kappa shape index (κ1) is 13.4. The molecule has 1 unspecified atom stereocenters. The molecule has 0 bridgehead atoms. The van der Waals surface area contributed by atoms with E-state index in [9.17, 15) is 0 Å². The second kappa shape index (κ2) is 5.80. The molecule has 2 nitrogen and oxygen atoms in total. The highest BCUT2D eigenvalue weighted by atomic mass is 32.2. The topological polar surface area (TPSA) is 21.3 Å². The molecular weight excluding hydrogens is 266 g/mol. The van der Waals surface area contributed by atoms with Crippen LogP contribution in [0.3, 0.4) is 0 Å². The Hall–Kier alpha value is -1.61. The molecular formula is C17H19NOS. The van der Waals surface area contributed by atoms with E-state index in [0.29, 0.717) is 6.04 Å². The summed E-state index contributed by atoms with van der Waals surface area (Å²) in [5, 5.41) is 3.65. The number of benzene rings is 2. The lowest BCUT2D eigenvalue weighted by Crippen LogP contribution is -2.16. The number of aryl methyl sites for hydroxylation is 1. The van der Waals surface area contributed by atoms with E-state index in [1.54, 1.807) is 7.11 Å². The molecule has 0 aliphatic carbocycles. The van der Waals surface area contributed by atoms with Crippen LogP contribution in [0.5, 0.6) is 5.75 Å². The van der Waals surface area contributed by atoms with E-state index < -0.39 is 0 Å². The van der Waals surface area contributed by atoms with Gasteiger partial charge in [-0.05, 0) is 42.7 Å². The lowest BCUT2D eigenvalue weighted by atomic mass is 10.0. The van der Waals surface area contributed by atoms with Gasteiger partial charge in [0.05, 0.1) is 18.8 Å². The fourth-order valence-electron chi connectivity index (χ4n) is 2.60. The molecule has 1 N–H and O–H groups in total.